The molecule has 10 heteroatoms. The van der Waals surface area contributed by atoms with E-state index in [1.54, 1.807) is 18.3 Å². The van der Waals surface area contributed by atoms with Gasteiger partial charge in [0.2, 0.25) is 5.95 Å². The molecule has 36 heavy (non-hydrogen) atoms. The van der Waals surface area contributed by atoms with Gasteiger partial charge in [0, 0.05) is 17.8 Å². The minimum atomic E-state index is -0.667. The zero-order valence-corrected chi connectivity index (χ0v) is 20.5. The number of aryl methyl sites for hydroxylation is 1. The molecular weight excluding hydrogens is 464 g/mol. The molecule has 0 aliphatic carbocycles. The third-order valence-corrected chi connectivity index (χ3v) is 6.66. The van der Waals surface area contributed by atoms with Crippen LogP contribution in [0.1, 0.15) is 50.2 Å². The fourth-order valence-electron chi connectivity index (χ4n) is 4.89. The van der Waals surface area contributed by atoms with Crippen molar-refractivity contribution in [1.29, 1.82) is 0 Å². The van der Waals surface area contributed by atoms with Crippen LogP contribution in [0.2, 0.25) is 0 Å². The van der Waals surface area contributed by atoms with E-state index < -0.39 is 17.7 Å². The van der Waals surface area contributed by atoms with E-state index >= 15 is 0 Å². The van der Waals surface area contributed by atoms with Crippen LogP contribution in [-0.4, -0.2) is 42.7 Å². The van der Waals surface area contributed by atoms with Gasteiger partial charge in [0.15, 0.2) is 11.6 Å². The molecule has 1 fully saturated rings. The number of hydrogen-bond acceptors (Lipinski definition) is 7. The van der Waals surface area contributed by atoms with Gasteiger partial charge in [0.1, 0.15) is 22.9 Å². The summed E-state index contributed by atoms with van der Waals surface area (Å²) in [7, 11) is 0. The molecule has 0 radical (unpaired) electrons. The standard InChI is InChI=1S/C26H29F2N7O/c1-14(2)35-15(3)32-24-19(27)10-18(11-21(24)35)23-20(28)13-31-26(34-23)33-22-5-4-17(12-30-22)25(36)16-6-8-29-9-7-16/h4-5,10-14,16,25,29,36H,6-9H2,1-3H3,(H,30,31,33,34)/t25-/m0/s1. The summed E-state index contributed by atoms with van der Waals surface area (Å²) in [4.78, 5) is 17.0. The van der Waals surface area contributed by atoms with Crippen molar-refractivity contribution in [2.45, 2.75) is 45.8 Å². The Labute approximate surface area is 207 Å². The zero-order chi connectivity index (χ0) is 25.4. The topological polar surface area (TPSA) is 101 Å². The lowest BCUT2D eigenvalue weighted by atomic mass is 9.89. The highest BCUT2D eigenvalue weighted by Crippen LogP contribution is 2.31. The number of rotatable bonds is 6. The molecule has 1 aromatic carbocycles. The first-order valence-corrected chi connectivity index (χ1v) is 12.1. The molecule has 0 saturated carbocycles. The molecule has 1 atom stereocenters. The monoisotopic (exact) mass is 493 g/mol. The maximum absolute atomic E-state index is 14.9. The molecule has 0 amide bonds. The van der Waals surface area contributed by atoms with Crippen LogP contribution in [0.15, 0.2) is 36.7 Å². The van der Waals surface area contributed by atoms with Gasteiger partial charge in [0.25, 0.3) is 0 Å². The number of imidazole rings is 1. The minimum Gasteiger partial charge on any atom is -0.388 e. The first-order chi connectivity index (χ1) is 17.3. The SMILES string of the molecule is Cc1nc2c(F)cc(-c3nc(Nc4ccc([C@@H](O)C5CCNCC5)cn4)ncc3F)cc2n1C(C)C. The van der Waals surface area contributed by atoms with Crippen LogP contribution in [0.4, 0.5) is 20.5 Å². The Hall–Kier alpha value is -3.50. The van der Waals surface area contributed by atoms with Gasteiger partial charge < -0.3 is 20.3 Å². The number of nitrogens with one attached hydrogen (secondary N) is 2. The Balaban J connectivity index is 1.41. The number of pyridine rings is 1. The largest absolute Gasteiger partial charge is 0.388 e. The normalized spacial score (nSPS) is 15.5. The predicted octanol–water partition coefficient (Wildman–Crippen LogP) is 4.83. The van der Waals surface area contributed by atoms with Gasteiger partial charge in [-0.1, -0.05) is 6.07 Å². The highest BCUT2D eigenvalue weighted by atomic mass is 19.1. The van der Waals surface area contributed by atoms with Crippen molar-refractivity contribution in [3.05, 3.63) is 59.7 Å². The van der Waals surface area contributed by atoms with Crippen LogP contribution >= 0.6 is 0 Å². The summed E-state index contributed by atoms with van der Waals surface area (Å²) in [5.74, 6) is 0.246. The second-order valence-corrected chi connectivity index (χ2v) is 9.47. The van der Waals surface area contributed by atoms with Crippen LogP contribution in [0.5, 0.6) is 0 Å². The van der Waals surface area contributed by atoms with Gasteiger partial charge in [-0.3, -0.25) is 0 Å². The van der Waals surface area contributed by atoms with E-state index in [1.807, 2.05) is 31.4 Å². The third kappa shape index (κ3) is 4.66. The number of nitrogens with zero attached hydrogens (tertiary/aromatic N) is 5. The summed E-state index contributed by atoms with van der Waals surface area (Å²) >= 11 is 0. The number of aliphatic hydroxyl groups excluding tert-OH is 1. The van der Waals surface area contributed by atoms with Gasteiger partial charge >= 0.3 is 0 Å². The highest BCUT2D eigenvalue weighted by molar-refractivity contribution is 5.83. The molecule has 0 unspecified atom stereocenters. The molecule has 188 valence electrons. The lowest BCUT2D eigenvalue weighted by Gasteiger charge is -2.27. The van der Waals surface area contributed by atoms with E-state index in [2.05, 4.69) is 30.6 Å². The molecule has 8 nitrogen and oxygen atoms in total. The molecule has 1 aliphatic rings. The molecule has 3 N–H and O–H groups in total. The molecule has 4 heterocycles. The average Bonchev–Trinajstić information content (AvgIpc) is 3.22. The third-order valence-electron chi connectivity index (χ3n) is 6.66. The van der Waals surface area contributed by atoms with Crippen LogP contribution in [-0.2, 0) is 0 Å². The van der Waals surface area contributed by atoms with Crippen molar-refractivity contribution < 1.29 is 13.9 Å². The lowest BCUT2D eigenvalue weighted by molar-refractivity contribution is 0.0886. The van der Waals surface area contributed by atoms with Gasteiger partial charge in [-0.25, -0.2) is 28.7 Å². The number of halogens is 2. The number of hydrogen-bond donors (Lipinski definition) is 3. The van der Waals surface area contributed by atoms with Gasteiger partial charge in [-0.15, -0.1) is 0 Å². The van der Waals surface area contributed by atoms with Gasteiger partial charge in [-0.05, 0) is 76.4 Å². The van der Waals surface area contributed by atoms with Crippen molar-refractivity contribution in [1.82, 2.24) is 29.8 Å². The zero-order valence-electron chi connectivity index (χ0n) is 20.5. The van der Waals surface area contributed by atoms with Gasteiger partial charge in [0.05, 0.1) is 17.8 Å². The average molecular weight is 494 g/mol. The number of aromatic nitrogens is 5. The molecule has 0 bridgehead atoms. The molecule has 1 aliphatic heterocycles. The smallest absolute Gasteiger partial charge is 0.229 e. The Morgan fingerprint density at radius 3 is 2.53 bits per heavy atom. The minimum absolute atomic E-state index is 0.0274. The first-order valence-electron chi connectivity index (χ1n) is 12.1. The van der Waals surface area contributed by atoms with Crippen molar-refractivity contribution in [3.63, 3.8) is 0 Å². The van der Waals surface area contributed by atoms with E-state index in [4.69, 9.17) is 0 Å². The summed E-state index contributed by atoms with van der Waals surface area (Å²) < 4.78 is 31.6. The Kier molecular flexibility index (Phi) is 6.63. The van der Waals surface area contributed by atoms with Crippen LogP contribution in [0.3, 0.4) is 0 Å². The number of benzene rings is 1. The van der Waals surface area contributed by atoms with Gasteiger partial charge in [-0.2, -0.15) is 0 Å². The number of anilines is 2. The second kappa shape index (κ2) is 9.87. The van der Waals surface area contributed by atoms with Crippen molar-refractivity contribution in [2.24, 2.45) is 5.92 Å². The quantitative estimate of drug-likeness (QED) is 0.354. The van der Waals surface area contributed by atoms with E-state index in [0.29, 0.717) is 17.2 Å². The van der Waals surface area contributed by atoms with Crippen molar-refractivity contribution in [2.75, 3.05) is 18.4 Å². The van der Waals surface area contributed by atoms with E-state index in [-0.39, 0.29) is 34.7 Å². The van der Waals surface area contributed by atoms with Crippen LogP contribution in [0.25, 0.3) is 22.3 Å². The Bertz CT molecular complexity index is 1380. The molecule has 0 spiro atoms. The summed E-state index contributed by atoms with van der Waals surface area (Å²) in [6, 6.07) is 6.53. The number of fused-ring (bicyclic) bond motifs is 1. The second-order valence-electron chi connectivity index (χ2n) is 9.47. The predicted molar refractivity (Wildman–Crippen MR) is 134 cm³/mol. The van der Waals surface area contributed by atoms with Crippen LogP contribution in [0, 0.1) is 24.5 Å². The Morgan fingerprint density at radius 1 is 1.06 bits per heavy atom. The van der Waals surface area contributed by atoms with E-state index in [1.165, 1.54) is 6.07 Å². The summed E-state index contributed by atoms with van der Waals surface area (Å²) in [6.07, 6.45) is 3.93. The summed E-state index contributed by atoms with van der Waals surface area (Å²) in [5.41, 5.74) is 1.83. The fraction of sp³-hybridized carbons (Fsp3) is 0.385. The maximum atomic E-state index is 14.9. The number of piperidine rings is 1. The van der Waals surface area contributed by atoms with Crippen molar-refractivity contribution >= 4 is 22.8 Å². The molecule has 4 aromatic rings. The lowest BCUT2D eigenvalue weighted by Crippen LogP contribution is -2.30. The summed E-state index contributed by atoms with van der Waals surface area (Å²) in [6.45, 7) is 7.58. The molecule has 3 aromatic heterocycles. The fourth-order valence-corrected chi connectivity index (χ4v) is 4.89. The van der Waals surface area contributed by atoms with E-state index in [0.717, 1.165) is 37.7 Å². The molecule has 5 rings (SSSR count). The molecule has 1 saturated heterocycles. The van der Waals surface area contributed by atoms with Crippen molar-refractivity contribution in [3.8, 4) is 11.3 Å². The Morgan fingerprint density at radius 2 is 1.83 bits per heavy atom. The number of aliphatic hydroxyl groups is 1. The van der Waals surface area contributed by atoms with Crippen LogP contribution < -0.4 is 10.6 Å². The molecular formula is C26H29F2N7O. The first kappa shape index (κ1) is 24.2. The summed E-state index contributed by atoms with van der Waals surface area (Å²) in [5, 5.41) is 16.9. The van der Waals surface area contributed by atoms with E-state index in [9.17, 15) is 13.9 Å². The maximum Gasteiger partial charge on any atom is 0.229 e. The highest BCUT2D eigenvalue weighted by Gasteiger charge is 2.23.